The molecule has 2 aromatic rings. The normalized spacial score (nSPS) is 17.3. The summed E-state index contributed by atoms with van der Waals surface area (Å²) in [5.41, 5.74) is 2.42. The van der Waals surface area contributed by atoms with Crippen LogP contribution >= 0.6 is 0 Å². The number of benzene rings is 1. The molecule has 0 saturated carbocycles. The molecule has 0 bridgehead atoms. The molecule has 1 fully saturated rings. The van der Waals surface area contributed by atoms with E-state index in [4.69, 9.17) is 0 Å². The molecule has 0 unspecified atom stereocenters. The Morgan fingerprint density at radius 2 is 1.73 bits per heavy atom. The van der Waals surface area contributed by atoms with Crippen LogP contribution in [0.1, 0.15) is 27.7 Å². The molecule has 0 radical (unpaired) electrons. The number of piperazine rings is 1. The highest BCUT2D eigenvalue weighted by Gasteiger charge is 2.21. The molecule has 5 heteroatoms. The Bertz CT molecular complexity index is 709. The topological polar surface area (TPSA) is 43.7 Å². The third-order valence-corrected chi connectivity index (χ3v) is 4.87. The van der Waals surface area contributed by atoms with Crippen molar-refractivity contribution in [2.75, 3.05) is 42.9 Å². The maximum Gasteiger partial charge on any atom is 0.110 e. The summed E-state index contributed by atoms with van der Waals surface area (Å²) in [7, 11) is 0. The molecule has 5 nitrogen and oxygen atoms in total. The molecule has 1 aromatic carbocycles. The minimum Gasteiger partial charge on any atom is -0.392 e. The monoisotopic (exact) mass is 356 g/mol. The molecule has 2 N–H and O–H groups in total. The van der Waals surface area contributed by atoms with Gasteiger partial charge in [0, 0.05) is 44.5 Å². The summed E-state index contributed by atoms with van der Waals surface area (Å²) >= 11 is 0. The van der Waals surface area contributed by atoms with Gasteiger partial charge in [-0.3, -0.25) is 4.90 Å². The van der Waals surface area contributed by atoms with Crippen LogP contribution in [0.25, 0.3) is 0 Å². The van der Waals surface area contributed by atoms with Crippen LogP contribution in [0.5, 0.6) is 0 Å². The van der Waals surface area contributed by atoms with E-state index in [1.807, 2.05) is 6.92 Å². The van der Waals surface area contributed by atoms with Crippen molar-refractivity contribution in [3.8, 4) is 0 Å². The third-order valence-electron chi connectivity index (χ3n) is 4.87. The number of β-amino-alcohol motifs (C(OH)–C–C–N with tert-alkyl or cyclic N) is 1. The van der Waals surface area contributed by atoms with Crippen molar-refractivity contribution < 1.29 is 5.11 Å². The Hall–Kier alpha value is -1.98. The Balaban J connectivity index is 1.75. The lowest BCUT2D eigenvalue weighted by molar-refractivity contribution is 0.123. The van der Waals surface area contributed by atoms with Gasteiger partial charge in [-0.15, -0.1) is 0 Å². The van der Waals surface area contributed by atoms with Gasteiger partial charge in [-0.25, -0.2) is 0 Å². The zero-order chi connectivity index (χ0) is 18.7. The molecule has 0 aliphatic carbocycles. The first-order valence-corrected chi connectivity index (χ1v) is 9.54. The van der Waals surface area contributed by atoms with Crippen LogP contribution in [0.3, 0.4) is 0 Å². The Morgan fingerprint density at radius 1 is 1.04 bits per heavy atom. The molecule has 142 valence electrons. The van der Waals surface area contributed by atoms with E-state index in [0.29, 0.717) is 0 Å². The van der Waals surface area contributed by atoms with Gasteiger partial charge in [0.25, 0.3) is 0 Å². The number of anilines is 3. The van der Waals surface area contributed by atoms with Gasteiger partial charge < -0.3 is 19.9 Å². The van der Waals surface area contributed by atoms with Gasteiger partial charge in [0.15, 0.2) is 0 Å². The molecular formula is C21H32N4O. The first-order chi connectivity index (χ1) is 12.3. The zero-order valence-corrected chi connectivity index (χ0v) is 16.4. The minimum atomic E-state index is -0.263. The van der Waals surface area contributed by atoms with Gasteiger partial charge in [0.1, 0.15) is 5.82 Å². The standard InChI is InChI=1S/C21H32N4O/c1-17(26)16-23-12-14-24(15-13-23)19-9-6-5-8-18(19)22-20-10-7-11-25(20)21(2,3)4/h5-11,17,22,26H,12-16H2,1-4H3/t17-/m1/s1. The number of aromatic nitrogens is 1. The van der Waals surface area contributed by atoms with Gasteiger partial charge in [0.05, 0.1) is 17.5 Å². The molecule has 1 atom stereocenters. The molecule has 1 aromatic heterocycles. The van der Waals surface area contributed by atoms with E-state index in [-0.39, 0.29) is 11.6 Å². The van der Waals surface area contributed by atoms with Crippen molar-refractivity contribution in [3.63, 3.8) is 0 Å². The average Bonchev–Trinajstić information content (AvgIpc) is 3.04. The summed E-state index contributed by atoms with van der Waals surface area (Å²) in [6, 6.07) is 12.7. The lowest BCUT2D eigenvalue weighted by Crippen LogP contribution is -2.48. The summed E-state index contributed by atoms with van der Waals surface area (Å²) < 4.78 is 2.27. The van der Waals surface area contributed by atoms with Crippen LogP contribution in [0, 0.1) is 0 Å². The lowest BCUT2D eigenvalue weighted by Gasteiger charge is -2.37. The molecule has 3 rings (SSSR count). The fourth-order valence-corrected chi connectivity index (χ4v) is 3.61. The van der Waals surface area contributed by atoms with Crippen LogP contribution in [0.15, 0.2) is 42.6 Å². The molecule has 2 heterocycles. The predicted octanol–water partition coefficient (Wildman–Crippen LogP) is 3.49. The smallest absolute Gasteiger partial charge is 0.110 e. The van der Waals surface area contributed by atoms with E-state index in [2.05, 4.69) is 83.0 Å². The van der Waals surface area contributed by atoms with E-state index in [9.17, 15) is 5.11 Å². The summed E-state index contributed by atoms with van der Waals surface area (Å²) in [6.45, 7) is 13.2. The Kier molecular flexibility index (Phi) is 5.58. The summed E-state index contributed by atoms with van der Waals surface area (Å²) in [5, 5.41) is 13.2. The number of aliphatic hydroxyl groups is 1. The van der Waals surface area contributed by atoms with Crippen molar-refractivity contribution in [2.24, 2.45) is 0 Å². The van der Waals surface area contributed by atoms with Crippen LogP contribution in [0.2, 0.25) is 0 Å². The van der Waals surface area contributed by atoms with Crippen LogP contribution < -0.4 is 10.2 Å². The summed E-state index contributed by atoms with van der Waals surface area (Å²) in [5.74, 6) is 1.11. The Labute approximate surface area is 157 Å². The molecule has 0 spiro atoms. The lowest BCUT2D eigenvalue weighted by atomic mass is 10.1. The second-order valence-electron chi connectivity index (χ2n) is 8.21. The maximum atomic E-state index is 9.60. The van der Waals surface area contributed by atoms with Gasteiger partial charge in [-0.2, -0.15) is 0 Å². The average molecular weight is 357 g/mol. The van der Waals surface area contributed by atoms with Crippen molar-refractivity contribution in [1.82, 2.24) is 9.47 Å². The van der Waals surface area contributed by atoms with Gasteiger partial charge in [-0.05, 0) is 52.0 Å². The first kappa shape index (κ1) is 18.8. The van der Waals surface area contributed by atoms with Crippen molar-refractivity contribution in [1.29, 1.82) is 0 Å². The SMILES string of the molecule is C[C@@H](O)CN1CCN(c2ccccc2Nc2cccn2C(C)(C)C)CC1. The van der Waals surface area contributed by atoms with Crippen LogP contribution in [0.4, 0.5) is 17.2 Å². The van der Waals surface area contributed by atoms with Crippen LogP contribution in [-0.4, -0.2) is 53.4 Å². The van der Waals surface area contributed by atoms with Gasteiger partial charge in [-0.1, -0.05) is 12.1 Å². The quantitative estimate of drug-likeness (QED) is 0.861. The number of rotatable bonds is 5. The molecule has 1 aliphatic rings. The third kappa shape index (κ3) is 4.40. The second kappa shape index (κ2) is 7.72. The fourth-order valence-electron chi connectivity index (χ4n) is 3.61. The second-order valence-corrected chi connectivity index (χ2v) is 8.21. The molecule has 1 aliphatic heterocycles. The number of para-hydroxylation sites is 2. The maximum absolute atomic E-state index is 9.60. The highest BCUT2D eigenvalue weighted by molar-refractivity contribution is 5.74. The first-order valence-electron chi connectivity index (χ1n) is 9.54. The molecule has 0 amide bonds. The highest BCUT2D eigenvalue weighted by atomic mass is 16.3. The van der Waals surface area contributed by atoms with E-state index in [1.165, 1.54) is 5.69 Å². The van der Waals surface area contributed by atoms with Gasteiger partial charge >= 0.3 is 0 Å². The predicted molar refractivity (Wildman–Crippen MR) is 109 cm³/mol. The van der Waals surface area contributed by atoms with Crippen molar-refractivity contribution in [3.05, 3.63) is 42.6 Å². The Morgan fingerprint density at radius 3 is 2.38 bits per heavy atom. The number of nitrogens with one attached hydrogen (secondary N) is 1. The summed E-state index contributed by atoms with van der Waals surface area (Å²) in [4.78, 5) is 4.77. The number of nitrogens with zero attached hydrogens (tertiary/aromatic N) is 3. The molecule has 26 heavy (non-hydrogen) atoms. The zero-order valence-electron chi connectivity index (χ0n) is 16.4. The van der Waals surface area contributed by atoms with Crippen molar-refractivity contribution in [2.45, 2.75) is 39.3 Å². The van der Waals surface area contributed by atoms with Crippen LogP contribution in [-0.2, 0) is 5.54 Å². The van der Waals surface area contributed by atoms with E-state index in [1.54, 1.807) is 0 Å². The summed E-state index contributed by atoms with van der Waals surface area (Å²) in [6.07, 6.45) is 1.86. The highest BCUT2D eigenvalue weighted by Crippen LogP contribution is 2.31. The van der Waals surface area contributed by atoms with E-state index in [0.717, 1.165) is 44.2 Å². The van der Waals surface area contributed by atoms with Crippen molar-refractivity contribution >= 4 is 17.2 Å². The minimum absolute atomic E-state index is 0.0351. The molecule has 1 saturated heterocycles. The number of hydrogen-bond acceptors (Lipinski definition) is 4. The number of aliphatic hydroxyl groups excluding tert-OH is 1. The van der Waals surface area contributed by atoms with E-state index < -0.39 is 0 Å². The number of hydrogen-bond donors (Lipinski definition) is 2. The van der Waals surface area contributed by atoms with E-state index >= 15 is 0 Å². The van der Waals surface area contributed by atoms with Gasteiger partial charge in [0.2, 0.25) is 0 Å². The molecular weight excluding hydrogens is 324 g/mol. The largest absolute Gasteiger partial charge is 0.392 e. The fraction of sp³-hybridized carbons (Fsp3) is 0.524.